The van der Waals surface area contributed by atoms with E-state index in [9.17, 15) is 4.79 Å². The Kier molecular flexibility index (Phi) is 9.99. The number of aromatic nitrogens is 1. The number of ether oxygens (including phenoxy) is 3. The van der Waals surface area contributed by atoms with Crippen LogP contribution in [0.5, 0.6) is 10.9 Å². The minimum atomic E-state index is 0.0532. The Morgan fingerprint density at radius 1 is 0.976 bits per heavy atom. The summed E-state index contributed by atoms with van der Waals surface area (Å²) in [5.41, 5.74) is 4.66. The van der Waals surface area contributed by atoms with Crippen molar-refractivity contribution in [2.75, 3.05) is 32.3 Å². The van der Waals surface area contributed by atoms with Gasteiger partial charge in [0.25, 0.3) is 5.19 Å². The lowest BCUT2D eigenvalue weighted by molar-refractivity contribution is -0.124. The first kappa shape index (κ1) is 29.6. The van der Waals surface area contributed by atoms with Crippen LogP contribution in [0.4, 0.5) is 5.69 Å². The van der Waals surface area contributed by atoms with Crippen molar-refractivity contribution in [3.63, 3.8) is 0 Å². The topological polar surface area (TPSA) is 60.9 Å². The molecule has 7 heteroatoms. The first-order valence-corrected chi connectivity index (χ1v) is 16.0. The number of thiazole rings is 1. The summed E-state index contributed by atoms with van der Waals surface area (Å²) in [4.78, 5) is 21.7. The summed E-state index contributed by atoms with van der Waals surface area (Å²) < 4.78 is 16.7. The monoisotopic (exact) mass is 576 g/mol. The molecule has 0 bridgehead atoms. The average Bonchev–Trinajstić information content (AvgIpc) is 3.50. The molecule has 2 aliphatic carbocycles. The molecule has 2 fully saturated rings. The van der Waals surface area contributed by atoms with E-state index in [2.05, 4.69) is 66.2 Å². The van der Waals surface area contributed by atoms with Crippen LogP contribution in [-0.4, -0.2) is 44.4 Å². The molecule has 3 aromatic rings. The molecule has 6 nitrogen and oxygen atoms in total. The Balaban J connectivity index is 1.32. The van der Waals surface area contributed by atoms with Gasteiger partial charge in [-0.2, -0.15) is 0 Å². The molecule has 5 rings (SSSR count). The van der Waals surface area contributed by atoms with Crippen molar-refractivity contribution in [3.05, 3.63) is 59.8 Å². The van der Waals surface area contributed by atoms with Crippen molar-refractivity contribution in [3.8, 4) is 21.4 Å². The second-order valence-electron chi connectivity index (χ2n) is 11.6. The number of aryl methyl sites for hydroxylation is 1. The summed E-state index contributed by atoms with van der Waals surface area (Å²) >= 11 is 1.53. The van der Waals surface area contributed by atoms with Gasteiger partial charge < -0.3 is 19.1 Å². The standard InChI is InChI=1S/C34H44N2O4S/c1-5-40-30-16-13-26(14-17-30)33(37)36(29-8-6-7-28(20-29)32-21-35-34(39-4)41-32)22-24-9-11-25(12-10-24)27-15-18-31(38-3)23(2)19-27/h6-8,15,18-21,24-26,30H,5,9-14,16-17,22H2,1-4H3. The maximum atomic E-state index is 14.2. The molecule has 2 saturated carbocycles. The fraction of sp³-hybridized carbons (Fsp3) is 0.529. The molecule has 0 radical (unpaired) electrons. The second kappa shape index (κ2) is 13.8. The normalized spacial score (nSPS) is 22.7. The van der Waals surface area contributed by atoms with Crippen LogP contribution in [0, 0.1) is 18.8 Å². The fourth-order valence-electron chi connectivity index (χ4n) is 6.66. The van der Waals surface area contributed by atoms with E-state index >= 15 is 0 Å². The van der Waals surface area contributed by atoms with Crippen LogP contribution in [-0.2, 0) is 9.53 Å². The first-order chi connectivity index (χ1) is 20.0. The summed E-state index contributed by atoms with van der Waals surface area (Å²) in [5, 5.41) is 0.646. The molecule has 1 aromatic heterocycles. The smallest absolute Gasteiger partial charge is 0.273 e. The van der Waals surface area contributed by atoms with Crippen LogP contribution in [0.3, 0.4) is 0 Å². The molecule has 0 N–H and O–H groups in total. The molecule has 220 valence electrons. The van der Waals surface area contributed by atoms with Crippen LogP contribution >= 0.6 is 11.3 Å². The van der Waals surface area contributed by atoms with E-state index in [-0.39, 0.29) is 11.8 Å². The molecule has 2 aliphatic rings. The van der Waals surface area contributed by atoms with Gasteiger partial charge in [0, 0.05) is 31.0 Å². The third-order valence-corrected chi connectivity index (χ3v) is 9.98. The third kappa shape index (κ3) is 7.12. The Morgan fingerprint density at radius 3 is 2.41 bits per heavy atom. The van der Waals surface area contributed by atoms with Gasteiger partial charge in [-0.1, -0.05) is 35.6 Å². The Labute approximate surface area is 249 Å². The van der Waals surface area contributed by atoms with Gasteiger partial charge in [0.15, 0.2) is 0 Å². The van der Waals surface area contributed by atoms with Crippen molar-refractivity contribution >= 4 is 22.9 Å². The maximum Gasteiger partial charge on any atom is 0.273 e. The minimum absolute atomic E-state index is 0.0532. The zero-order chi connectivity index (χ0) is 28.8. The molecule has 0 saturated heterocycles. The predicted molar refractivity (Wildman–Crippen MR) is 166 cm³/mol. The summed E-state index contributed by atoms with van der Waals surface area (Å²) in [7, 11) is 3.37. The summed E-state index contributed by atoms with van der Waals surface area (Å²) in [5.74, 6) is 2.33. The van der Waals surface area contributed by atoms with Gasteiger partial charge in [-0.25, -0.2) is 4.98 Å². The van der Waals surface area contributed by atoms with E-state index in [1.54, 1.807) is 14.2 Å². The lowest BCUT2D eigenvalue weighted by atomic mass is 9.78. The molecule has 0 aliphatic heterocycles. The van der Waals surface area contributed by atoms with Crippen LogP contribution in [0.2, 0.25) is 0 Å². The molecule has 41 heavy (non-hydrogen) atoms. The van der Waals surface area contributed by atoms with Gasteiger partial charge in [-0.05, 0) is 112 Å². The van der Waals surface area contributed by atoms with Crippen LogP contribution < -0.4 is 14.4 Å². The van der Waals surface area contributed by atoms with Crippen LogP contribution in [0.1, 0.15) is 75.3 Å². The lowest BCUT2D eigenvalue weighted by Crippen LogP contribution is -2.42. The van der Waals surface area contributed by atoms with Gasteiger partial charge in [-0.15, -0.1) is 0 Å². The van der Waals surface area contributed by atoms with Crippen molar-refractivity contribution in [2.45, 2.75) is 77.2 Å². The quantitative estimate of drug-likeness (QED) is 0.244. The number of carbonyl (C=O) groups excluding carboxylic acids is 1. The van der Waals surface area contributed by atoms with Gasteiger partial charge >= 0.3 is 0 Å². The number of amides is 1. The van der Waals surface area contributed by atoms with Crippen molar-refractivity contribution in [2.24, 2.45) is 11.8 Å². The van der Waals surface area contributed by atoms with E-state index in [0.717, 1.165) is 86.4 Å². The number of carbonyl (C=O) groups is 1. The Bertz CT molecular complexity index is 1290. The van der Waals surface area contributed by atoms with Gasteiger partial charge in [0.05, 0.1) is 25.2 Å². The van der Waals surface area contributed by atoms with E-state index in [4.69, 9.17) is 14.2 Å². The molecular weight excluding hydrogens is 532 g/mol. The van der Waals surface area contributed by atoms with Gasteiger partial charge in [0.2, 0.25) is 5.91 Å². The minimum Gasteiger partial charge on any atom is -0.496 e. The zero-order valence-corrected chi connectivity index (χ0v) is 25.8. The van der Waals surface area contributed by atoms with Crippen molar-refractivity contribution in [1.29, 1.82) is 0 Å². The van der Waals surface area contributed by atoms with E-state index in [1.165, 1.54) is 22.5 Å². The maximum absolute atomic E-state index is 14.2. The predicted octanol–water partition coefficient (Wildman–Crippen LogP) is 8.04. The van der Waals surface area contributed by atoms with Crippen molar-refractivity contribution < 1.29 is 19.0 Å². The Morgan fingerprint density at radius 2 is 1.76 bits per heavy atom. The highest BCUT2D eigenvalue weighted by atomic mass is 32.1. The molecule has 1 heterocycles. The first-order valence-electron chi connectivity index (χ1n) is 15.2. The second-order valence-corrected chi connectivity index (χ2v) is 12.6. The number of rotatable bonds is 10. The molecule has 2 aromatic carbocycles. The van der Waals surface area contributed by atoms with Crippen molar-refractivity contribution in [1.82, 2.24) is 4.98 Å². The van der Waals surface area contributed by atoms with E-state index in [0.29, 0.717) is 23.1 Å². The number of benzene rings is 2. The largest absolute Gasteiger partial charge is 0.496 e. The molecule has 0 unspecified atom stereocenters. The number of anilines is 1. The van der Waals surface area contributed by atoms with E-state index < -0.39 is 0 Å². The highest BCUT2D eigenvalue weighted by molar-refractivity contribution is 7.16. The number of hydrogen-bond acceptors (Lipinski definition) is 6. The lowest BCUT2D eigenvalue weighted by Gasteiger charge is -2.36. The number of nitrogens with zero attached hydrogens (tertiary/aromatic N) is 2. The van der Waals surface area contributed by atoms with Crippen LogP contribution in [0.15, 0.2) is 48.7 Å². The fourth-order valence-corrected chi connectivity index (χ4v) is 7.39. The summed E-state index contributed by atoms with van der Waals surface area (Å²) in [6, 6.07) is 15.0. The highest BCUT2D eigenvalue weighted by Gasteiger charge is 2.33. The summed E-state index contributed by atoms with van der Waals surface area (Å²) in [6.07, 6.45) is 10.4. The van der Waals surface area contributed by atoms with Gasteiger partial charge in [-0.3, -0.25) is 4.79 Å². The average molecular weight is 577 g/mol. The van der Waals surface area contributed by atoms with Gasteiger partial charge in [0.1, 0.15) is 5.75 Å². The molecule has 0 spiro atoms. The molecule has 1 amide bonds. The SMILES string of the molecule is CCOC1CCC(C(=O)N(CC2CCC(c3ccc(OC)c(C)c3)CC2)c2cccc(-c3cnc(OC)s3)c2)CC1. The number of methoxy groups -OCH3 is 2. The third-order valence-electron chi connectivity index (χ3n) is 8.97. The highest BCUT2D eigenvalue weighted by Crippen LogP contribution is 2.39. The summed E-state index contributed by atoms with van der Waals surface area (Å²) in [6.45, 7) is 5.68. The molecule has 0 atom stereocenters. The molecular formula is C34H44N2O4S. The zero-order valence-electron chi connectivity index (χ0n) is 24.9. The van der Waals surface area contributed by atoms with E-state index in [1.807, 2.05) is 6.20 Å². The number of hydrogen-bond donors (Lipinski definition) is 0. The Hall–Kier alpha value is -2.90. The van der Waals surface area contributed by atoms with Crippen LogP contribution in [0.25, 0.3) is 10.4 Å².